The predicted molar refractivity (Wildman–Crippen MR) is 107 cm³/mol. The van der Waals surface area contributed by atoms with Crippen LogP contribution in [0.2, 0.25) is 0 Å². The van der Waals surface area contributed by atoms with E-state index in [9.17, 15) is 0 Å². The predicted octanol–water partition coefficient (Wildman–Crippen LogP) is 3.49. The minimum Gasteiger partial charge on any atom is -0.406 e. The summed E-state index contributed by atoms with van der Waals surface area (Å²) in [5.74, 6) is 0.420. The maximum Gasteiger partial charge on any atom is 0.315 e. The standard InChI is InChI=1S/C17H27N5O.2ClH/c1-12(2)22(13(3)4)11-10-19-17-21-20-16(23-17)15(18)14-8-6-5-7-9-14;;/h5-9,12-13,15H,10-11,18H2,1-4H3,(H,19,21);2*1H/t15-;;/m1../s1. The lowest BCUT2D eigenvalue weighted by Gasteiger charge is -2.30. The van der Waals surface area contributed by atoms with Gasteiger partial charge in [0.2, 0.25) is 5.89 Å². The molecule has 25 heavy (non-hydrogen) atoms. The van der Waals surface area contributed by atoms with Crippen molar-refractivity contribution in [1.29, 1.82) is 0 Å². The number of hydrogen-bond acceptors (Lipinski definition) is 6. The van der Waals surface area contributed by atoms with Crippen LogP contribution in [0.25, 0.3) is 0 Å². The number of nitrogens with two attached hydrogens (primary N) is 1. The van der Waals surface area contributed by atoms with Crippen molar-refractivity contribution < 1.29 is 4.42 Å². The Labute approximate surface area is 162 Å². The van der Waals surface area contributed by atoms with Gasteiger partial charge in [-0.2, -0.15) is 0 Å². The molecule has 0 saturated carbocycles. The fraction of sp³-hybridized carbons (Fsp3) is 0.529. The zero-order valence-corrected chi connectivity index (χ0v) is 16.8. The van der Waals surface area contributed by atoms with Gasteiger partial charge >= 0.3 is 6.01 Å². The van der Waals surface area contributed by atoms with Gasteiger partial charge in [0, 0.05) is 25.2 Å². The van der Waals surface area contributed by atoms with Gasteiger partial charge in [0.05, 0.1) is 0 Å². The van der Waals surface area contributed by atoms with E-state index in [1.807, 2.05) is 30.3 Å². The Morgan fingerprint density at radius 1 is 1.04 bits per heavy atom. The molecule has 142 valence electrons. The zero-order chi connectivity index (χ0) is 16.8. The number of nitrogens with zero attached hydrogens (tertiary/aromatic N) is 3. The molecule has 1 atom stereocenters. The third-order valence-corrected chi connectivity index (χ3v) is 3.84. The largest absolute Gasteiger partial charge is 0.406 e. The molecule has 0 saturated heterocycles. The Morgan fingerprint density at radius 3 is 2.20 bits per heavy atom. The SMILES string of the molecule is CC(C)N(CCNc1nnc([C@H](N)c2ccccc2)o1)C(C)C.Cl.Cl. The molecule has 0 aliphatic carbocycles. The number of anilines is 1. The Kier molecular flexibility index (Phi) is 10.7. The molecule has 0 unspecified atom stereocenters. The fourth-order valence-corrected chi connectivity index (χ4v) is 2.64. The van der Waals surface area contributed by atoms with Gasteiger partial charge in [-0.3, -0.25) is 4.90 Å². The second kappa shape index (κ2) is 11.3. The van der Waals surface area contributed by atoms with Crippen LogP contribution in [0.4, 0.5) is 6.01 Å². The molecule has 0 radical (unpaired) electrons. The molecule has 1 aromatic carbocycles. The van der Waals surface area contributed by atoms with E-state index in [1.54, 1.807) is 0 Å². The number of aromatic nitrogens is 2. The normalized spacial score (nSPS) is 12.0. The molecule has 2 rings (SSSR count). The first-order valence-corrected chi connectivity index (χ1v) is 8.12. The quantitative estimate of drug-likeness (QED) is 0.718. The third-order valence-electron chi connectivity index (χ3n) is 3.84. The van der Waals surface area contributed by atoms with Crippen molar-refractivity contribution in [2.75, 3.05) is 18.4 Å². The number of benzene rings is 1. The van der Waals surface area contributed by atoms with Crippen LogP contribution in [0.15, 0.2) is 34.7 Å². The molecule has 8 heteroatoms. The van der Waals surface area contributed by atoms with Gasteiger partial charge in [-0.1, -0.05) is 35.4 Å². The summed E-state index contributed by atoms with van der Waals surface area (Å²) in [7, 11) is 0. The number of rotatable bonds is 8. The van der Waals surface area contributed by atoms with Crippen molar-refractivity contribution in [3.05, 3.63) is 41.8 Å². The first kappa shape index (κ1) is 23.7. The van der Waals surface area contributed by atoms with Gasteiger partial charge in [-0.05, 0) is 33.3 Å². The molecular weight excluding hydrogens is 361 g/mol. The monoisotopic (exact) mass is 389 g/mol. The maximum atomic E-state index is 6.15. The summed E-state index contributed by atoms with van der Waals surface area (Å²) < 4.78 is 5.63. The highest BCUT2D eigenvalue weighted by molar-refractivity contribution is 5.85. The number of halogens is 2. The fourth-order valence-electron chi connectivity index (χ4n) is 2.64. The summed E-state index contributed by atoms with van der Waals surface area (Å²) >= 11 is 0. The van der Waals surface area contributed by atoms with E-state index in [1.165, 1.54) is 0 Å². The molecule has 0 bridgehead atoms. The topological polar surface area (TPSA) is 80.2 Å². The van der Waals surface area contributed by atoms with E-state index in [0.717, 1.165) is 18.7 Å². The second-order valence-corrected chi connectivity index (χ2v) is 6.19. The highest BCUT2D eigenvalue weighted by Crippen LogP contribution is 2.19. The van der Waals surface area contributed by atoms with Gasteiger partial charge < -0.3 is 15.5 Å². The molecule has 0 amide bonds. The summed E-state index contributed by atoms with van der Waals surface area (Å²) in [5.41, 5.74) is 7.11. The lowest BCUT2D eigenvalue weighted by molar-refractivity contribution is 0.182. The third kappa shape index (κ3) is 6.82. The summed E-state index contributed by atoms with van der Waals surface area (Å²) in [6.45, 7) is 10.5. The van der Waals surface area contributed by atoms with Crippen molar-refractivity contribution in [3.63, 3.8) is 0 Å². The van der Waals surface area contributed by atoms with Crippen molar-refractivity contribution in [2.24, 2.45) is 5.73 Å². The van der Waals surface area contributed by atoms with Crippen LogP contribution in [-0.4, -0.2) is 40.3 Å². The molecule has 3 N–H and O–H groups in total. The van der Waals surface area contributed by atoms with Crippen LogP contribution in [0.5, 0.6) is 0 Å². The van der Waals surface area contributed by atoms with Crippen molar-refractivity contribution in [2.45, 2.75) is 45.8 Å². The Morgan fingerprint density at radius 2 is 1.64 bits per heavy atom. The minimum absolute atomic E-state index is 0. The van der Waals surface area contributed by atoms with E-state index in [4.69, 9.17) is 10.2 Å². The van der Waals surface area contributed by atoms with Crippen LogP contribution >= 0.6 is 24.8 Å². The van der Waals surface area contributed by atoms with Gasteiger partial charge in [-0.25, -0.2) is 0 Å². The highest BCUT2D eigenvalue weighted by Gasteiger charge is 2.17. The van der Waals surface area contributed by atoms with Crippen molar-refractivity contribution in [1.82, 2.24) is 15.1 Å². The molecule has 2 aromatic rings. The van der Waals surface area contributed by atoms with E-state index in [-0.39, 0.29) is 24.8 Å². The summed E-state index contributed by atoms with van der Waals surface area (Å²) in [5, 5.41) is 11.2. The molecule has 0 aliphatic heterocycles. The van der Waals surface area contributed by atoms with Gasteiger partial charge in [0.15, 0.2) is 0 Å². The molecule has 1 heterocycles. The van der Waals surface area contributed by atoms with Crippen LogP contribution in [0, 0.1) is 0 Å². The van der Waals surface area contributed by atoms with Gasteiger partial charge in [0.1, 0.15) is 6.04 Å². The maximum absolute atomic E-state index is 6.15. The van der Waals surface area contributed by atoms with E-state index in [0.29, 0.717) is 24.0 Å². The highest BCUT2D eigenvalue weighted by atomic mass is 35.5. The smallest absolute Gasteiger partial charge is 0.315 e. The summed E-state index contributed by atoms with van der Waals surface area (Å²) in [6, 6.07) is 10.8. The summed E-state index contributed by atoms with van der Waals surface area (Å²) in [6.07, 6.45) is 0. The number of hydrogen-bond donors (Lipinski definition) is 2. The lowest BCUT2D eigenvalue weighted by atomic mass is 10.1. The minimum atomic E-state index is -0.401. The van der Waals surface area contributed by atoms with Crippen LogP contribution < -0.4 is 11.1 Å². The first-order chi connectivity index (χ1) is 11.0. The van der Waals surface area contributed by atoms with E-state index >= 15 is 0 Å². The molecule has 6 nitrogen and oxygen atoms in total. The number of nitrogens with one attached hydrogen (secondary N) is 1. The Bertz CT molecular complexity index is 584. The first-order valence-electron chi connectivity index (χ1n) is 8.12. The molecule has 0 aliphatic rings. The average Bonchev–Trinajstić information content (AvgIpc) is 2.99. The van der Waals surface area contributed by atoms with Crippen molar-refractivity contribution in [3.8, 4) is 0 Å². The average molecular weight is 390 g/mol. The zero-order valence-electron chi connectivity index (χ0n) is 15.2. The second-order valence-electron chi connectivity index (χ2n) is 6.19. The molecule has 0 fully saturated rings. The molecule has 1 aromatic heterocycles. The van der Waals surface area contributed by atoms with Crippen LogP contribution in [0.1, 0.15) is 45.2 Å². The molecule has 0 spiro atoms. The molecular formula is C17H29Cl2N5O. The van der Waals surface area contributed by atoms with Gasteiger partial charge in [0.25, 0.3) is 0 Å². The van der Waals surface area contributed by atoms with E-state index in [2.05, 4.69) is 48.1 Å². The van der Waals surface area contributed by atoms with Crippen LogP contribution in [0.3, 0.4) is 0 Å². The Balaban J connectivity index is 0.00000288. The van der Waals surface area contributed by atoms with E-state index < -0.39 is 6.04 Å². The van der Waals surface area contributed by atoms with Crippen LogP contribution in [-0.2, 0) is 0 Å². The summed E-state index contributed by atoms with van der Waals surface area (Å²) in [4.78, 5) is 2.40. The lowest BCUT2D eigenvalue weighted by Crippen LogP contribution is -2.40. The van der Waals surface area contributed by atoms with Crippen molar-refractivity contribution >= 4 is 30.8 Å². The van der Waals surface area contributed by atoms with Gasteiger partial charge in [-0.15, -0.1) is 29.9 Å². The Hall–Kier alpha value is -1.34.